The third-order valence-electron chi connectivity index (χ3n) is 3.12. The molecule has 0 radical (unpaired) electrons. The summed E-state index contributed by atoms with van der Waals surface area (Å²) in [5.74, 6) is 0. The molecule has 2 rings (SSSR count). The summed E-state index contributed by atoms with van der Waals surface area (Å²) in [5.41, 5.74) is -0.00612. The number of hydrogen-bond donors (Lipinski definition) is 1. The first kappa shape index (κ1) is 15.8. The Morgan fingerprint density at radius 1 is 1.05 bits per heavy atom. The van der Waals surface area contributed by atoms with E-state index in [4.69, 9.17) is 0 Å². The summed E-state index contributed by atoms with van der Waals surface area (Å²) in [5, 5.41) is 3.81. The molecule has 0 saturated carbocycles. The van der Waals surface area contributed by atoms with Crippen LogP contribution in [0.4, 0.5) is 13.2 Å². The highest BCUT2D eigenvalue weighted by Gasteiger charge is 2.33. The second-order valence-electron chi connectivity index (χ2n) is 6.10. The number of nitrogens with one attached hydrogen (secondary N) is 1. The van der Waals surface area contributed by atoms with Crippen molar-refractivity contribution in [3.05, 3.63) is 41.6 Å². The topological polar surface area (TPSA) is 24.9 Å². The number of alkyl halides is 3. The first-order valence-corrected chi connectivity index (χ1v) is 6.88. The van der Waals surface area contributed by atoms with E-state index in [1.165, 1.54) is 6.07 Å². The van der Waals surface area contributed by atoms with Crippen LogP contribution in [0.1, 0.15) is 32.0 Å². The van der Waals surface area contributed by atoms with Crippen LogP contribution < -0.4 is 5.32 Å². The van der Waals surface area contributed by atoms with Gasteiger partial charge in [-0.1, -0.05) is 18.2 Å². The number of pyridine rings is 1. The number of para-hydroxylation sites is 1. The Morgan fingerprint density at radius 3 is 2.38 bits per heavy atom. The summed E-state index contributed by atoms with van der Waals surface area (Å²) >= 11 is 0. The molecule has 0 aliphatic carbocycles. The monoisotopic (exact) mass is 296 g/mol. The SMILES string of the molecule is CC(C)(C)NCCc1ccc2cccc(C(F)(F)F)c2n1. The summed E-state index contributed by atoms with van der Waals surface area (Å²) in [6.07, 6.45) is -3.78. The van der Waals surface area contributed by atoms with E-state index >= 15 is 0 Å². The average molecular weight is 296 g/mol. The fourth-order valence-electron chi connectivity index (χ4n) is 2.12. The second kappa shape index (κ2) is 5.64. The van der Waals surface area contributed by atoms with Crippen molar-refractivity contribution < 1.29 is 13.2 Å². The smallest absolute Gasteiger partial charge is 0.312 e. The van der Waals surface area contributed by atoms with Gasteiger partial charge in [-0.25, -0.2) is 0 Å². The van der Waals surface area contributed by atoms with Gasteiger partial charge in [-0.2, -0.15) is 13.2 Å². The Kier molecular flexibility index (Phi) is 4.23. The van der Waals surface area contributed by atoms with Gasteiger partial charge < -0.3 is 5.32 Å². The van der Waals surface area contributed by atoms with Gasteiger partial charge in [-0.05, 0) is 32.9 Å². The number of rotatable bonds is 3. The zero-order valence-electron chi connectivity index (χ0n) is 12.4. The van der Waals surface area contributed by atoms with E-state index in [9.17, 15) is 13.2 Å². The molecule has 21 heavy (non-hydrogen) atoms. The minimum atomic E-state index is -4.38. The maximum absolute atomic E-state index is 13.0. The molecule has 5 heteroatoms. The number of aromatic nitrogens is 1. The molecule has 1 aromatic heterocycles. The van der Waals surface area contributed by atoms with Gasteiger partial charge in [0.05, 0.1) is 11.1 Å². The number of benzene rings is 1. The molecule has 2 nitrogen and oxygen atoms in total. The standard InChI is InChI=1S/C16H19F3N2/c1-15(2,3)20-10-9-12-8-7-11-5-4-6-13(14(11)21-12)16(17,18)19/h4-8,20H,9-10H2,1-3H3. The van der Waals surface area contributed by atoms with Crippen LogP contribution in [0.5, 0.6) is 0 Å². The van der Waals surface area contributed by atoms with Crippen LogP contribution in [0.2, 0.25) is 0 Å². The fourth-order valence-corrected chi connectivity index (χ4v) is 2.12. The number of nitrogens with zero attached hydrogens (tertiary/aromatic N) is 1. The van der Waals surface area contributed by atoms with Crippen molar-refractivity contribution in [3.8, 4) is 0 Å². The summed E-state index contributed by atoms with van der Waals surface area (Å²) < 4.78 is 39.0. The minimum Gasteiger partial charge on any atom is -0.312 e. The van der Waals surface area contributed by atoms with Crippen LogP contribution in [-0.4, -0.2) is 17.1 Å². The molecule has 2 aromatic rings. The summed E-state index contributed by atoms with van der Waals surface area (Å²) in [6.45, 7) is 6.81. The zero-order chi connectivity index (χ0) is 15.7. The largest absolute Gasteiger partial charge is 0.418 e. The molecule has 0 fully saturated rings. The summed E-state index contributed by atoms with van der Waals surface area (Å²) in [7, 11) is 0. The molecular weight excluding hydrogens is 277 g/mol. The first-order chi connectivity index (χ1) is 9.67. The highest BCUT2D eigenvalue weighted by molar-refractivity contribution is 5.82. The minimum absolute atomic E-state index is 0.0199. The van der Waals surface area contributed by atoms with Crippen LogP contribution >= 0.6 is 0 Å². The molecule has 1 heterocycles. The van der Waals surface area contributed by atoms with Crippen LogP contribution in [0, 0.1) is 0 Å². The molecule has 0 bridgehead atoms. The van der Waals surface area contributed by atoms with Crippen molar-refractivity contribution in [2.45, 2.75) is 38.9 Å². The van der Waals surface area contributed by atoms with E-state index in [1.54, 1.807) is 18.2 Å². The molecule has 0 aliphatic rings. The van der Waals surface area contributed by atoms with Crippen molar-refractivity contribution in [2.75, 3.05) is 6.54 Å². The number of fused-ring (bicyclic) bond motifs is 1. The van der Waals surface area contributed by atoms with E-state index < -0.39 is 11.7 Å². The first-order valence-electron chi connectivity index (χ1n) is 6.88. The normalized spacial score (nSPS) is 12.9. The highest BCUT2D eigenvalue weighted by Crippen LogP contribution is 2.33. The fraction of sp³-hybridized carbons (Fsp3) is 0.438. The molecule has 0 spiro atoms. The molecule has 1 N–H and O–H groups in total. The molecule has 0 saturated heterocycles. The predicted octanol–water partition coefficient (Wildman–Crippen LogP) is 4.18. The van der Waals surface area contributed by atoms with Gasteiger partial charge in [0.25, 0.3) is 0 Å². The van der Waals surface area contributed by atoms with Gasteiger partial charge in [-0.3, -0.25) is 4.98 Å². The third kappa shape index (κ3) is 4.17. The molecule has 0 atom stereocenters. The molecule has 0 amide bonds. The molecule has 0 unspecified atom stereocenters. The number of halogens is 3. The third-order valence-corrected chi connectivity index (χ3v) is 3.12. The molecule has 114 valence electrons. The van der Waals surface area contributed by atoms with Gasteiger partial charge in [0, 0.05) is 29.6 Å². The summed E-state index contributed by atoms with van der Waals surface area (Å²) in [6, 6.07) is 7.62. The van der Waals surface area contributed by atoms with Gasteiger partial charge in [0.15, 0.2) is 0 Å². The van der Waals surface area contributed by atoms with Gasteiger partial charge in [-0.15, -0.1) is 0 Å². The van der Waals surface area contributed by atoms with Gasteiger partial charge in [0.2, 0.25) is 0 Å². The second-order valence-corrected chi connectivity index (χ2v) is 6.10. The lowest BCUT2D eigenvalue weighted by Crippen LogP contribution is -2.37. The highest BCUT2D eigenvalue weighted by atomic mass is 19.4. The average Bonchev–Trinajstić information content (AvgIpc) is 2.35. The Balaban J connectivity index is 2.28. The van der Waals surface area contributed by atoms with Gasteiger partial charge >= 0.3 is 6.18 Å². The van der Waals surface area contributed by atoms with Crippen LogP contribution in [0.15, 0.2) is 30.3 Å². The predicted molar refractivity (Wildman–Crippen MR) is 78.2 cm³/mol. The summed E-state index contributed by atoms with van der Waals surface area (Å²) in [4.78, 5) is 4.20. The number of hydrogen-bond acceptors (Lipinski definition) is 2. The van der Waals surface area contributed by atoms with Crippen molar-refractivity contribution in [2.24, 2.45) is 0 Å². The maximum Gasteiger partial charge on any atom is 0.418 e. The van der Waals surface area contributed by atoms with E-state index in [-0.39, 0.29) is 11.1 Å². The van der Waals surface area contributed by atoms with E-state index in [0.29, 0.717) is 24.0 Å². The van der Waals surface area contributed by atoms with Crippen LogP contribution in [0.25, 0.3) is 10.9 Å². The zero-order valence-corrected chi connectivity index (χ0v) is 12.4. The lowest BCUT2D eigenvalue weighted by molar-refractivity contribution is -0.136. The Morgan fingerprint density at radius 2 is 1.76 bits per heavy atom. The molecular formula is C16H19F3N2. The van der Waals surface area contributed by atoms with Crippen molar-refractivity contribution >= 4 is 10.9 Å². The Hall–Kier alpha value is -1.62. The quantitative estimate of drug-likeness (QED) is 0.919. The van der Waals surface area contributed by atoms with E-state index in [0.717, 1.165) is 6.07 Å². The Labute approximate surface area is 122 Å². The van der Waals surface area contributed by atoms with Crippen molar-refractivity contribution in [1.82, 2.24) is 10.3 Å². The van der Waals surface area contributed by atoms with Gasteiger partial charge in [0.1, 0.15) is 0 Å². The molecule has 0 aliphatic heterocycles. The lowest BCUT2D eigenvalue weighted by atomic mass is 10.1. The van der Waals surface area contributed by atoms with E-state index in [1.807, 2.05) is 20.8 Å². The van der Waals surface area contributed by atoms with Crippen molar-refractivity contribution in [3.63, 3.8) is 0 Å². The van der Waals surface area contributed by atoms with E-state index in [2.05, 4.69) is 10.3 Å². The Bertz CT molecular complexity index is 627. The van der Waals surface area contributed by atoms with Crippen LogP contribution in [-0.2, 0) is 12.6 Å². The molecule has 1 aromatic carbocycles. The maximum atomic E-state index is 13.0. The lowest BCUT2D eigenvalue weighted by Gasteiger charge is -2.20. The van der Waals surface area contributed by atoms with Crippen LogP contribution in [0.3, 0.4) is 0 Å². The van der Waals surface area contributed by atoms with Crippen molar-refractivity contribution in [1.29, 1.82) is 0 Å².